The fourth-order valence-electron chi connectivity index (χ4n) is 0.436. The summed E-state index contributed by atoms with van der Waals surface area (Å²) in [4.78, 5) is 10.5. The zero-order valence-electron chi connectivity index (χ0n) is 4.74. The van der Waals surface area contributed by atoms with E-state index in [1.807, 2.05) is 0 Å². The molecular weight excluding hydrogens is 116 g/mol. The van der Waals surface area contributed by atoms with E-state index in [1.165, 1.54) is 12.3 Å². The molecule has 9 heavy (non-hydrogen) atoms. The highest BCUT2D eigenvalue weighted by atomic mass is 16.1. The second-order valence-corrected chi connectivity index (χ2v) is 1.51. The lowest BCUT2D eigenvalue weighted by Crippen LogP contribution is -2.01. The lowest BCUT2D eigenvalue weighted by Gasteiger charge is -1.88. The number of allylic oxidation sites excluding steroid dienone is 3. The summed E-state index contributed by atoms with van der Waals surface area (Å²) >= 11 is 0. The van der Waals surface area contributed by atoms with Crippen LogP contribution >= 0.6 is 0 Å². The van der Waals surface area contributed by atoms with E-state index < -0.39 is 0 Å². The average Bonchev–Trinajstić information content (AvgIpc) is 1.79. The normalized spacial score (nSPS) is 27.3. The summed E-state index contributed by atoms with van der Waals surface area (Å²) < 4.78 is 0. The Labute approximate surface area is 52.8 Å². The van der Waals surface area contributed by atoms with Crippen molar-refractivity contribution in [2.45, 2.75) is 0 Å². The minimum Gasteiger partial charge on any atom is -0.288 e. The number of hydrogen-bond acceptors (Lipinski definition) is 3. The predicted octanol–water partition coefficient (Wildman–Crippen LogP) is 0.214. The summed E-state index contributed by atoms with van der Waals surface area (Å²) in [5.41, 5.74) is 2.53. The molecule has 3 nitrogen and oxygen atoms in total. The summed E-state index contributed by atoms with van der Waals surface area (Å²) in [5.74, 6) is -0.105. The quantitative estimate of drug-likeness (QED) is 0.499. The molecule has 0 amide bonds. The third kappa shape index (κ3) is 1.90. The Bertz CT molecular complexity index is 191. The number of hydrazone groups is 1. The van der Waals surface area contributed by atoms with Gasteiger partial charge in [-0.2, -0.15) is 5.10 Å². The van der Waals surface area contributed by atoms with Gasteiger partial charge in [-0.15, -0.1) is 0 Å². The molecule has 1 heterocycles. The summed E-state index contributed by atoms with van der Waals surface area (Å²) in [5, 5.41) is 3.55. The average molecular weight is 122 g/mol. The monoisotopic (exact) mass is 122 g/mol. The van der Waals surface area contributed by atoms with E-state index in [9.17, 15) is 4.79 Å². The lowest BCUT2D eigenvalue weighted by atomic mass is 10.3. The first-order valence-corrected chi connectivity index (χ1v) is 2.55. The highest BCUT2D eigenvalue weighted by Crippen LogP contribution is 1.79. The SMILES string of the molecule is O=C1/C=C\C=C/N/N=C\1. The Morgan fingerprint density at radius 2 is 2.33 bits per heavy atom. The molecule has 1 rings (SSSR count). The molecule has 3 heteroatoms. The van der Waals surface area contributed by atoms with Crippen molar-refractivity contribution in [2.24, 2.45) is 5.10 Å². The number of hydrogen-bond donors (Lipinski definition) is 1. The van der Waals surface area contributed by atoms with Gasteiger partial charge in [-0.05, 0) is 12.2 Å². The maximum atomic E-state index is 10.5. The fourth-order valence-corrected chi connectivity index (χ4v) is 0.436. The van der Waals surface area contributed by atoms with Crippen molar-refractivity contribution in [2.75, 3.05) is 0 Å². The van der Waals surface area contributed by atoms with E-state index in [0.29, 0.717) is 0 Å². The Balaban J connectivity index is 2.72. The molecule has 0 aromatic heterocycles. The van der Waals surface area contributed by atoms with Crippen molar-refractivity contribution in [3.05, 3.63) is 24.4 Å². The zero-order chi connectivity index (χ0) is 6.53. The van der Waals surface area contributed by atoms with Gasteiger partial charge in [0.05, 0.1) is 6.21 Å². The molecule has 0 fully saturated rings. The van der Waals surface area contributed by atoms with Crippen LogP contribution in [0.15, 0.2) is 29.5 Å². The van der Waals surface area contributed by atoms with Crippen molar-refractivity contribution in [1.29, 1.82) is 0 Å². The minimum absolute atomic E-state index is 0.105. The van der Waals surface area contributed by atoms with Gasteiger partial charge < -0.3 is 0 Å². The Morgan fingerprint density at radius 3 is 3.22 bits per heavy atom. The largest absolute Gasteiger partial charge is 0.288 e. The van der Waals surface area contributed by atoms with Crippen LogP contribution in [0.3, 0.4) is 0 Å². The standard InChI is InChI=1S/C6H6N2O/c9-6-3-1-2-4-7-8-5-6/h1-5,7H/b3-1-,4-2-,8-5-. The van der Waals surface area contributed by atoms with Crippen LogP contribution in [0.1, 0.15) is 0 Å². The molecule has 46 valence electrons. The van der Waals surface area contributed by atoms with E-state index >= 15 is 0 Å². The first-order valence-electron chi connectivity index (χ1n) is 2.55. The van der Waals surface area contributed by atoms with E-state index in [-0.39, 0.29) is 5.78 Å². The molecule has 0 atom stereocenters. The molecule has 1 aliphatic heterocycles. The molecule has 0 radical (unpaired) electrons. The van der Waals surface area contributed by atoms with Gasteiger partial charge in [-0.25, -0.2) is 0 Å². The smallest absolute Gasteiger partial charge is 0.198 e. The van der Waals surface area contributed by atoms with Crippen LogP contribution in [0.2, 0.25) is 0 Å². The van der Waals surface area contributed by atoms with Crippen molar-refractivity contribution in [3.63, 3.8) is 0 Å². The maximum Gasteiger partial charge on any atom is 0.198 e. The number of nitrogens with zero attached hydrogens (tertiary/aromatic N) is 1. The number of rotatable bonds is 0. The number of ketones is 1. The molecule has 0 saturated carbocycles. The molecule has 0 aromatic carbocycles. The van der Waals surface area contributed by atoms with E-state index in [0.717, 1.165) is 0 Å². The Morgan fingerprint density at radius 1 is 1.44 bits per heavy atom. The zero-order valence-corrected chi connectivity index (χ0v) is 4.74. The lowest BCUT2D eigenvalue weighted by molar-refractivity contribution is -0.108. The van der Waals surface area contributed by atoms with Gasteiger partial charge in [0.2, 0.25) is 0 Å². The third-order valence-electron chi connectivity index (χ3n) is 0.809. The van der Waals surface area contributed by atoms with Crippen LogP contribution in [-0.2, 0) is 4.79 Å². The highest BCUT2D eigenvalue weighted by Gasteiger charge is 1.87. The maximum absolute atomic E-state index is 10.5. The predicted molar refractivity (Wildman–Crippen MR) is 34.9 cm³/mol. The van der Waals surface area contributed by atoms with Crippen LogP contribution < -0.4 is 5.43 Å². The number of carbonyl (C=O) groups is 1. The van der Waals surface area contributed by atoms with Crippen LogP contribution in [0.5, 0.6) is 0 Å². The molecule has 0 saturated heterocycles. The molecule has 0 aliphatic carbocycles. The number of carbonyl (C=O) groups excluding carboxylic acids is 1. The molecule has 0 aromatic rings. The first-order chi connectivity index (χ1) is 4.39. The van der Waals surface area contributed by atoms with Crippen molar-refractivity contribution >= 4 is 12.0 Å². The molecule has 0 bridgehead atoms. The summed E-state index contributed by atoms with van der Waals surface area (Å²) in [6.07, 6.45) is 7.66. The van der Waals surface area contributed by atoms with Gasteiger partial charge in [0.1, 0.15) is 0 Å². The van der Waals surface area contributed by atoms with Gasteiger partial charge in [0, 0.05) is 6.20 Å². The van der Waals surface area contributed by atoms with E-state index in [2.05, 4.69) is 10.5 Å². The van der Waals surface area contributed by atoms with Gasteiger partial charge in [0.15, 0.2) is 5.78 Å². The van der Waals surface area contributed by atoms with Crippen LogP contribution in [-0.4, -0.2) is 12.0 Å². The minimum atomic E-state index is -0.105. The van der Waals surface area contributed by atoms with Crippen molar-refractivity contribution < 1.29 is 4.79 Å². The summed E-state index contributed by atoms with van der Waals surface area (Å²) in [6, 6.07) is 0. The van der Waals surface area contributed by atoms with Crippen LogP contribution in [0.25, 0.3) is 0 Å². The molecule has 0 spiro atoms. The second-order valence-electron chi connectivity index (χ2n) is 1.51. The van der Waals surface area contributed by atoms with Crippen molar-refractivity contribution in [1.82, 2.24) is 5.43 Å². The van der Waals surface area contributed by atoms with Crippen LogP contribution in [0.4, 0.5) is 0 Å². The Kier molecular flexibility index (Phi) is 1.80. The third-order valence-corrected chi connectivity index (χ3v) is 0.809. The van der Waals surface area contributed by atoms with Gasteiger partial charge >= 0.3 is 0 Å². The molecule has 0 unspecified atom stereocenters. The van der Waals surface area contributed by atoms with Gasteiger partial charge in [0.25, 0.3) is 0 Å². The molecule has 1 N–H and O–H groups in total. The second kappa shape index (κ2) is 2.81. The molecule has 1 aliphatic rings. The van der Waals surface area contributed by atoms with Gasteiger partial charge in [-0.3, -0.25) is 10.2 Å². The number of nitrogens with one attached hydrogen (secondary N) is 1. The van der Waals surface area contributed by atoms with Crippen LogP contribution in [0, 0.1) is 0 Å². The summed E-state index contributed by atoms with van der Waals surface area (Å²) in [6.45, 7) is 0. The van der Waals surface area contributed by atoms with E-state index in [1.54, 1.807) is 18.4 Å². The fraction of sp³-hybridized carbons (Fsp3) is 0. The van der Waals surface area contributed by atoms with Crippen molar-refractivity contribution in [3.8, 4) is 0 Å². The van der Waals surface area contributed by atoms with E-state index in [4.69, 9.17) is 0 Å². The highest BCUT2D eigenvalue weighted by molar-refractivity contribution is 6.32. The Hall–Kier alpha value is -1.38. The summed E-state index contributed by atoms with van der Waals surface area (Å²) in [7, 11) is 0. The molecular formula is C6H6N2O. The van der Waals surface area contributed by atoms with Gasteiger partial charge in [-0.1, -0.05) is 6.08 Å². The first kappa shape index (κ1) is 5.75. The topological polar surface area (TPSA) is 41.5 Å².